The van der Waals surface area contributed by atoms with Crippen LogP contribution in [0.2, 0.25) is 5.02 Å². The van der Waals surface area contributed by atoms with Crippen molar-refractivity contribution in [3.63, 3.8) is 0 Å². The monoisotopic (exact) mass is 625 g/mol. The van der Waals surface area contributed by atoms with Gasteiger partial charge in [-0.2, -0.15) is 0 Å². The van der Waals surface area contributed by atoms with Gasteiger partial charge in [-0.3, -0.25) is 13.9 Å². The molecule has 0 saturated heterocycles. The van der Waals surface area contributed by atoms with Crippen LogP contribution in [0.25, 0.3) is 0 Å². The number of hydrogen-bond donors (Lipinski definition) is 1. The average molecular weight is 626 g/mol. The Bertz CT molecular complexity index is 1490. The van der Waals surface area contributed by atoms with Crippen LogP contribution in [0.4, 0.5) is 5.69 Å². The summed E-state index contributed by atoms with van der Waals surface area (Å²) in [6.45, 7) is 3.48. The molecule has 1 saturated carbocycles. The molecule has 230 valence electrons. The van der Waals surface area contributed by atoms with E-state index in [1.165, 1.54) is 30.2 Å². The lowest BCUT2D eigenvalue weighted by Crippen LogP contribution is -2.54. The number of nitrogens with zero attached hydrogens (tertiary/aromatic N) is 2. The fourth-order valence-corrected chi connectivity index (χ4v) is 6.98. The van der Waals surface area contributed by atoms with Crippen molar-refractivity contribution in [2.24, 2.45) is 0 Å². The molecule has 0 bridgehead atoms. The highest BCUT2D eigenvalue weighted by Crippen LogP contribution is 2.28. The van der Waals surface area contributed by atoms with Gasteiger partial charge in [-0.1, -0.05) is 73.7 Å². The Balaban J connectivity index is 1.70. The molecule has 10 heteroatoms. The third kappa shape index (κ3) is 8.30. The van der Waals surface area contributed by atoms with Crippen LogP contribution in [0, 0.1) is 6.92 Å². The van der Waals surface area contributed by atoms with Gasteiger partial charge in [0.25, 0.3) is 10.0 Å². The molecule has 0 heterocycles. The number of halogens is 1. The van der Waals surface area contributed by atoms with Crippen LogP contribution in [-0.2, 0) is 26.2 Å². The quantitative estimate of drug-likeness (QED) is 0.262. The van der Waals surface area contributed by atoms with Gasteiger partial charge in [0, 0.05) is 17.6 Å². The first-order valence-corrected chi connectivity index (χ1v) is 16.5. The number of rotatable bonds is 12. The van der Waals surface area contributed by atoms with Gasteiger partial charge in [0.15, 0.2) is 0 Å². The smallest absolute Gasteiger partial charge is 0.264 e. The van der Waals surface area contributed by atoms with Crippen molar-refractivity contribution in [2.45, 2.75) is 75.9 Å². The molecule has 0 aliphatic heterocycles. The molecule has 2 amide bonds. The standard InChI is InChI=1S/C33H40ClN3O5S/c1-4-31(33(39)35-27-10-6-5-7-11-27)36(22-25-15-13-24(2)14-16-25)32(38)23-37(28-12-8-9-26(34)21-28)43(40,41)30-19-17-29(42-3)18-20-30/h8-9,12-21,27,31H,4-7,10-11,22-23H2,1-3H3,(H,35,39)/t31-/m1/s1. The third-order valence-electron chi connectivity index (χ3n) is 7.83. The van der Waals surface area contributed by atoms with Crippen molar-refractivity contribution in [3.8, 4) is 5.75 Å². The van der Waals surface area contributed by atoms with E-state index in [0.717, 1.165) is 47.5 Å². The fraction of sp³-hybridized carbons (Fsp3) is 0.394. The van der Waals surface area contributed by atoms with Gasteiger partial charge in [0.1, 0.15) is 18.3 Å². The van der Waals surface area contributed by atoms with Crippen LogP contribution < -0.4 is 14.4 Å². The summed E-state index contributed by atoms with van der Waals surface area (Å²) in [5, 5.41) is 3.49. The van der Waals surface area contributed by atoms with Gasteiger partial charge >= 0.3 is 0 Å². The SMILES string of the molecule is CC[C@H](C(=O)NC1CCCCC1)N(Cc1ccc(C)cc1)C(=O)CN(c1cccc(Cl)c1)S(=O)(=O)c1ccc(OC)cc1. The van der Waals surface area contributed by atoms with Gasteiger partial charge in [-0.15, -0.1) is 0 Å². The Kier molecular flexibility index (Phi) is 11.1. The summed E-state index contributed by atoms with van der Waals surface area (Å²) in [5.74, 6) is -0.214. The Morgan fingerprint density at radius 2 is 1.67 bits per heavy atom. The maximum absolute atomic E-state index is 14.2. The van der Waals surface area contributed by atoms with E-state index < -0.39 is 28.5 Å². The van der Waals surface area contributed by atoms with Crippen molar-refractivity contribution in [3.05, 3.63) is 88.9 Å². The molecular formula is C33H40ClN3O5S. The number of amides is 2. The normalized spacial score (nSPS) is 14.5. The summed E-state index contributed by atoms with van der Waals surface area (Å²) in [7, 11) is -2.71. The maximum atomic E-state index is 14.2. The molecule has 3 aromatic rings. The highest BCUT2D eigenvalue weighted by Gasteiger charge is 2.34. The Morgan fingerprint density at radius 3 is 2.28 bits per heavy atom. The first-order chi connectivity index (χ1) is 20.6. The predicted octanol–water partition coefficient (Wildman–Crippen LogP) is 6.11. The van der Waals surface area contributed by atoms with E-state index in [1.807, 2.05) is 38.1 Å². The largest absolute Gasteiger partial charge is 0.497 e. The zero-order chi connectivity index (χ0) is 31.0. The van der Waals surface area contributed by atoms with E-state index in [0.29, 0.717) is 17.2 Å². The van der Waals surface area contributed by atoms with Crippen LogP contribution in [0.5, 0.6) is 5.75 Å². The number of ether oxygens (including phenoxy) is 1. The maximum Gasteiger partial charge on any atom is 0.264 e. The van der Waals surface area contributed by atoms with Crippen LogP contribution in [-0.4, -0.2) is 50.9 Å². The summed E-state index contributed by atoms with van der Waals surface area (Å²) >= 11 is 6.26. The minimum absolute atomic E-state index is 0.00626. The molecule has 0 aromatic heterocycles. The van der Waals surface area contributed by atoms with Crippen LogP contribution in [0.1, 0.15) is 56.6 Å². The number of anilines is 1. The zero-order valence-electron chi connectivity index (χ0n) is 25.0. The number of hydrogen-bond acceptors (Lipinski definition) is 5. The highest BCUT2D eigenvalue weighted by atomic mass is 35.5. The molecule has 3 aromatic carbocycles. The first-order valence-electron chi connectivity index (χ1n) is 14.7. The Labute approximate surface area is 260 Å². The van der Waals surface area contributed by atoms with E-state index in [2.05, 4.69) is 5.32 Å². The van der Waals surface area contributed by atoms with Crippen molar-refractivity contribution >= 4 is 39.1 Å². The number of carbonyl (C=O) groups excluding carboxylic acids is 2. The average Bonchev–Trinajstić information content (AvgIpc) is 3.01. The molecule has 1 aliphatic carbocycles. The number of nitrogens with one attached hydrogen (secondary N) is 1. The van der Waals surface area contributed by atoms with Gasteiger partial charge < -0.3 is 15.0 Å². The number of aryl methyl sites for hydroxylation is 1. The summed E-state index contributed by atoms with van der Waals surface area (Å²) in [6, 6.07) is 19.4. The fourth-order valence-electron chi connectivity index (χ4n) is 5.39. The summed E-state index contributed by atoms with van der Waals surface area (Å²) in [6.07, 6.45) is 5.48. The minimum Gasteiger partial charge on any atom is -0.497 e. The molecule has 0 radical (unpaired) electrons. The summed E-state index contributed by atoms with van der Waals surface area (Å²) in [4.78, 5) is 29.4. The third-order valence-corrected chi connectivity index (χ3v) is 9.86. The van der Waals surface area contributed by atoms with Gasteiger partial charge in [0.2, 0.25) is 11.8 Å². The summed E-state index contributed by atoms with van der Waals surface area (Å²) < 4.78 is 34.3. The van der Waals surface area contributed by atoms with Crippen molar-refractivity contribution in [1.82, 2.24) is 10.2 Å². The van der Waals surface area contributed by atoms with Crippen molar-refractivity contribution < 1.29 is 22.7 Å². The Hall–Kier alpha value is -3.56. The number of carbonyl (C=O) groups is 2. The Morgan fingerprint density at radius 1 is 1.00 bits per heavy atom. The highest BCUT2D eigenvalue weighted by molar-refractivity contribution is 7.92. The molecular weight excluding hydrogens is 586 g/mol. The molecule has 1 fully saturated rings. The van der Waals surface area contributed by atoms with Crippen molar-refractivity contribution in [2.75, 3.05) is 18.0 Å². The second-order valence-corrected chi connectivity index (χ2v) is 13.2. The molecule has 0 unspecified atom stereocenters. The number of benzene rings is 3. The predicted molar refractivity (Wildman–Crippen MR) is 170 cm³/mol. The van der Waals surface area contributed by atoms with Crippen molar-refractivity contribution in [1.29, 1.82) is 0 Å². The molecule has 4 rings (SSSR count). The zero-order valence-corrected chi connectivity index (χ0v) is 26.5. The van der Waals surface area contributed by atoms with Crippen LogP contribution in [0.15, 0.2) is 77.7 Å². The first kappa shape index (κ1) is 32.4. The van der Waals surface area contributed by atoms with Gasteiger partial charge in [0.05, 0.1) is 17.7 Å². The lowest BCUT2D eigenvalue weighted by molar-refractivity contribution is -0.140. The number of sulfonamides is 1. The van der Waals surface area contributed by atoms with Gasteiger partial charge in [-0.05, 0) is 74.2 Å². The topological polar surface area (TPSA) is 96.0 Å². The molecule has 1 atom stereocenters. The molecule has 1 N–H and O–H groups in total. The van der Waals surface area contributed by atoms with Gasteiger partial charge in [-0.25, -0.2) is 8.42 Å². The van der Waals surface area contributed by atoms with E-state index >= 15 is 0 Å². The second kappa shape index (κ2) is 14.8. The van der Waals surface area contributed by atoms with E-state index in [4.69, 9.17) is 16.3 Å². The number of methoxy groups -OCH3 is 1. The van der Waals surface area contributed by atoms with E-state index in [-0.39, 0.29) is 29.1 Å². The lowest BCUT2D eigenvalue weighted by atomic mass is 9.95. The molecule has 1 aliphatic rings. The molecule has 0 spiro atoms. The second-order valence-electron chi connectivity index (χ2n) is 10.9. The van der Waals surface area contributed by atoms with Crippen LogP contribution >= 0.6 is 11.6 Å². The van der Waals surface area contributed by atoms with E-state index in [1.54, 1.807) is 30.3 Å². The molecule has 43 heavy (non-hydrogen) atoms. The summed E-state index contributed by atoms with van der Waals surface area (Å²) in [5.41, 5.74) is 2.16. The lowest BCUT2D eigenvalue weighted by Gasteiger charge is -2.34. The minimum atomic E-state index is -4.21. The molecule has 8 nitrogen and oxygen atoms in total. The van der Waals surface area contributed by atoms with Crippen LogP contribution in [0.3, 0.4) is 0 Å². The van der Waals surface area contributed by atoms with E-state index in [9.17, 15) is 18.0 Å².